The van der Waals surface area contributed by atoms with Crippen molar-refractivity contribution in [3.8, 4) is 5.75 Å². The zero-order chi connectivity index (χ0) is 11.8. The fraction of sp³-hybridized carbons (Fsp3) is 0.400. The van der Waals surface area contributed by atoms with Crippen LogP contribution in [0.3, 0.4) is 0 Å². The summed E-state index contributed by atoms with van der Waals surface area (Å²) in [6.07, 6.45) is -1.79. The van der Waals surface area contributed by atoms with Crippen LogP contribution in [0, 0.1) is 5.82 Å². The van der Waals surface area contributed by atoms with Gasteiger partial charge in [-0.3, -0.25) is 0 Å². The summed E-state index contributed by atoms with van der Waals surface area (Å²) in [6, 6.07) is 5.22. The van der Waals surface area contributed by atoms with Crippen molar-refractivity contribution in [2.24, 2.45) is 0 Å². The zero-order valence-corrected chi connectivity index (χ0v) is 9.15. The van der Waals surface area contributed by atoms with Gasteiger partial charge in [0, 0.05) is 0 Å². The third-order valence-corrected chi connectivity index (χ3v) is 4.06. The summed E-state index contributed by atoms with van der Waals surface area (Å²) in [5.74, 6) is -0.529. The number of benzene rings is 1. The number of ether oxygens (including phenoxy) is 1. The van der Waals surface area contributed by atoms with E-state index in [1.54, 1.807) is 0 Å². The Hall–Kier alpha value is -1.14. The molecule has 2 unspecified atom stereocenters. The Morgan fingerprint density at radius 3 is 2.38 bits per heavy atom. The lowest BCUT2D eigenvalue weighted by Gasteiger charge is -2.15. The molecule has 1 aliphatic heterocycles. The standard InChI is InChI=1S/C10H11FO4S/c11-7-1-3-8(4-2-7)15-10-6-16(13,14)5-9(10)12/h1-4,9-10,12H,5-6H2. The van der Waals surface area contributed by atoms with Crippen LogP contribution in [-0.2, 0) is 9.84 Å². The van der Waals surface area contributed by atoms with Gasteiger partial charge in [-0.2, -0.15) is 0 Å². The molecule has 1 fully saturated rings. The summed E-state index contributed by atoms with van der Waals surface area (Å²) in [4.78, 5) is 0. The first kappa shape index (κ1) is 11.3. The predicted molar refractivity (Wildman–Crippen MR) is 55.5 cm³/mol. The molecule has 2 atom stereocenters. The molecule has 0 spiro atoms. The summed E-state index contributed by atoms with van der Waals surface area (Å²) >= 11 is 0. The maximum absolute atomic E-state index is 12.6. The molecule has 1 heterocycles. The van der Waals surface area contributed by atoms with Gasteiger partial charge in [-0.05, 0) is 24.3 Å². The van der Waals surface area contributed by atoms with E-state index < -0.39 is 27.9 Å². The van der Waals surface area contributed by atoms with E-state index in [2.05, 4.69) is 0 Å². The molecule has 4 nitrogen and oxygen atoms in total. The Kier molecular flexibility index (Phi) is 2.86. The van der Waals surface area contributed by atoms with Gasteiger partial charge in [0.15, 0.2) is 9.84 Å². The van der Waals surface area contributed by atoms with Gasteiger partial charge < -0.3 is 9.84 Å². The molecule has 1 aromatic carbocycles. The van der Waals surface area contributed by atoms with Gasteiger partial charge in [-0.25, -0.2) is 12.8 Å². The molecule has 0 saturated carbocycles. The Balaban J connectivity index is 2.08. The molecule has 6 heteroatoms. The van der Waals surface area contributed by atoms with Crippen molar-refractivity contribution < 1.29 is 22.7 Å². The summed E-state index contributed by atoms with van der Waals surface area (Å²) in [5.41, 5.74) is 0. The zero-order valence-electron chi connectivity index (χ0n) is 8.34. The molecule has 1 N–H and O–H groups in total. The van der Waals surface area contributed by atoms with Gasteiger partial charge >= 0.3 is 0 Å². The van der Waals surface area contributed by atoms with E-state index in [0.717, 1.165) is 0 Å². The minimum absolute atomic E-state index is 0.203. The molecule has 0 aliphatic carbocycles. The fourth-order valence-electron chi connectivity index (χ4n) is 1.60. The minimum Gasteiger partial charge on any atom is -0.487 e. The van der Waals surface area contributed by atoms with Crippen LogP contribution in [0.5, 0.6) is 5.75 Å². The van der Waals surface area contributed by atoms with Gasteiger partial charge in [-0.15, -0.1) is 0 Å². The topological polar surface area (TPSA) is 63.6 Å². The molecule has 0 aromatic heterocycles. The molecular formula is C10H11FO4S. The van der Waals surface area contributed by atoms with Gasteiger partial charge in [0.1, 0.15) is 23.8 Å². The van der Waals surface area contributed by atoms with Crippen LogP contribution in [0.15, 0.2) is 24.3 Å². The first-order valence-corrected chi connectivity index (χ1v) is 6.59. The number of aliphatic hydroxyl groups is 1. The Morgan fingerprint density at radius 1 is 1.25 bits per heavy atom. The van der Waals surface area contributed by atoms with Crippen LogP contribution in [0.4, 0.5) is 4.39 Å². The molecule has 88 valence electrons. The van der Waals surface area contributed by atoms with Gasteiger partial charge in [-0.1, -0.05) is 0 Å². The van der Waals surface area contributed by atoms with E-state index in [9.17, 15) is 17.9 Å². The summed E-state index contributed by atoms with van der Waals surface area (Å²) in [5, 5.41) is 9.46. The number of hydrogen-bond acceptors (Lipinski definition) is 4. The Morgan fingerprint density at radius 2 is 1.88 bits per heavy atom. The maximum Gasteiger partial charge on any atom is 0.156 e. The second kappa shape index (κ2) is 4.03. The molecule has 1 saturated heterocycles. The molecule has 16 heavy (non-hydrogen) atoms. The third-order valence-electron chi connectivity index (χ3n) is 2.37. The lowest BCUT2D eigenvalue weighted by molar-refractivity contribution is 0.0737. The van der Waals surface area contributed by atoms with Crippen molar-refractivity contribution >= 4 is 9.84 Å². The first-order chi connectivity index (χ1) is 7.46. The average Bonchev–Trinajstić information content (AvgIpc) is 2.44. The van der Waals surface area contributed by atoms with E-state index in [0.29, 0.717) is 5.75 Å². The summed E-state index contributed by atoms with van der Waals surface area (Å²) < 4.78 is 40.3. The normalized spacial score (nSPS) is 27.9. The highest BCUT2D eigenvalue weighted by molar-refractivity contribution is 7.91. The third kappa shape index (κ3) is 2.51. The van der Waals surface area contributed by atoms with Crippen LogP contribution in [0.1, 0.15) is 0 Å². The highest BCUT2D eigenvalue weighted by Gasteiger charge is 2.38. The molecular weight excluding hydrogens is 235 g/mol. The largest absolute Gasteiger partial charge is 0.487 e. The van der Waals surface area contributed by atoms with Crippen molar-refractivity contribution in [1.82, 2.24) is 0 Å². The lowest BCUT2D eigenvalue weighted by Crippen LogP contribution is -2.29. The Bertz CT molecular complexity index is 468. The minimum atomic E-state index is -3.22. The van der Waals surface area contributed by atoms with E-state index in [-0.39, 0.29) is 11.5 Å². The highest BCUT2D eigenvalue weighted by atomic mass is 32.2. The molecule has 1 aliphatic rings. The van der Waals surface area contributed by atoms with E-state index in [4.69, 9.17) is 4.74 Å². The second-order valence-corrected chi connectivity index (χ2v) is 5.91. The van der Waals surface area contributed by atoms with Crippen molar-refractivity contribution in [2.75, 3.05) is 11.5 Å². The molecule has 2 rings (SSSR count). The Labute approximate surface area is 92.6 Å². The molecule has 0 bridgehead atoms. The highest BCUT2D eigenvalue weighted by Crippen LogP contribution is 2.20. The summed E-state index contributed by atoms with van der Waals surface area (Å²) in [6.45, 7) is 0. The van der Waals surface area contributed by atoms with Crippen LogP contribution in [-0.4, -0.2) is 37.2 Å². The fourth-order valence-corrected chi connectivity index (χ4v) is 3.26. The van der Waals surface area contributed by atoms with Gasteiger partial charge in [0.2, 0.25) is 0 Å². The SMILES string of the molecule is O=S1(=O)CC(O)C(Oc2ccc(F)cc2)C1. The second-order valence-electron chi connectivity index (χ2n) is 3.75. The van der Waals surface area contributed by atoms with Crippen molar-refractivity contribution in [1.29, 1.82) is 0 Å². The average molecular weight is 246 g/mol. The monoisotopic (exact) mass is 246 g/mol. The molecule has 0 amide bonds. The smallest absolute Gasteiger partial charge is 0.156 e. The van der Waals surface area contributed by atoms with Gasteiger partial charge in [0.05, 0.1) is 11.5 Å². The number of halogens is 1. The van der Waals surface area contributed by atoms with Crippen LogP contribution < -0.4 is 4.74 Å². The number of hydrogen-bond donors (Lipinski definition) is 1. The van der Waals surface area contributed by atoms with Crippen molar-refractivity contribution in [3.05, 3.63) is 30.1 Å². The van der Waals surface area contributed by atoms with E-state index in [1.165, 1.54) is 24.3 Å². The molecule has 1 aromatic rings. The first-order valence-electron chi connectivity index (χ1n) is 4.77. The van der Waals surface area contributed by atoms with Crippen LogP contribution in [0.2, 0.25) is 0 Å². The number of rotatable bonds is 2. The van der Waals surface area contributed by atoms with Crippen molar-refractivity contribution in [3.63, 3.8) is 0 Å². The van der Waals surface area contributed by atoms with Gasteiger partial charge in [0.25, 0.3) is 0 Å². The predicted octanol–water partition coefficient (Wildman–Crippen LogP) is 0.362. The van der Waals surface area contributed by atoms with E-state index in [1.807, 2.05) is 0 Å². The molecule has 0 radical (unpaired) electrons. The number of sulfone groups is 1. The van der Waals surface area contributed by atoms with Crippen LogP contribution in [0.25, 0.3) is 0 Å². The number of aliphatic hydroxyl groups excluding tert-OH is 1. The van der Waals surface area contributed by atoms with Crippen molar-refractivity contribution in [2.45, 2.75) is 12.2 Å². The van der Waals surface area contributed by atoms with E-state index >= 15 is 0 Å². The summed E-state index contributed by atoms with van der Waals surface area (Å²) in [7, 11) is -3.22. The lowest BCUT2D eigenvalue weighted by atomic mass is 10.2. The van der Waals surface area contributed by atoms with Crippen LogP contribution >= 0.6 is 0 Å². The maximum atomic E-state index is 12.6. The quantitative estimate of drug-likeness (QED) is 0.818.